The van der Waals surface area contributed by atoms with Gasteiger partial charge in [-0.05, 0) is 37.8 Å². The number of thiazole rings is 1. The Morgan fingerprint density at radius 2 is 2.00 bits per heavy atom. The highest BCUT2D eigenvalue weighted by Gasteiger charge is 2.23. The predicted molar refractivity (Wildman–Crippen MR) is 73.8 cm³/mol. The van der Waals surface area contributed by atoms with Crippen LogP contribution in [0.25, 0.3) is 10.2 Å². The first-order valence-corrected chi connectivity index (χ1v) is 7.24. The summed E-state index contributed by atoms with van der Waals surface area (Å²) in [5.41, 5.74) is 6.97. The fourth-order valence-corrected chi connectivity index (χ4v) is 3.90. The molecule has 0 amide bonds. The highest BCUT2D eigenvalue weighted by Crippen LogP contribution is 2.38. The molecule has 2 aromatic rings. The van der Waals surface area contributed by atoms with Crippen LogP contribution >= 0.6 is 22.9 Å². The van der Waals surface area contributed by atoms with Crippen molar-refractivity contribution in [1.82, 2.24) is 4.98 Å². The number of benzene rings is 1. The summed E-state index contributed by atoms with van der Waals surface area (Å²) >= 11 is 7.93. The number of aromatic nitrogens is 1. The summed E-state index contributed by atoms with van der Waals surface area (Å²) < 4.78 is 1.12. The summed E-state index contributed by atoms with van der Waals surface area (Å²) in [5, 5.41) is 2.05. The van der Waals surface area contributed by atoms with Gasteiger partial charge in [0.05, 0.1) is 20.2 Å². The molecule has 4 heteroatoms. The Kier molecular flexibility index (Phi) is 3.07. The maximum absolute atomic E-state index is 6.18. The quantitative estimate of drug-likeness (QED) is 0.849. The van der Waals surface area contributed by atoms with Crippen LogP contribution in [0.5, 0.6) is 0 Å². The van der Waals surface area contributed by atoms with Gasteiger partial charge in [0, 0.05) is 12.0 Å². The van der Waals surface area contributed by atoms with E-state index in [1.807, 2.05) is 18.2 Å². The van der Waals surface area contributed by atoms with Crippen molar-refractivity contribution in [3.8, 4) is 0 Å². The van der Waals surface area contributed by atoms with Gasteiger partial charge in [0.2, 0.25) is 0 Å². The van der Waals surface area contributed by atoms with E-state index in [0.717, 1.165) is 28.1 Å². The van der Waals surface area contributed by atoms with Gasteiger partial charge in [-0.1, -0.05) is 17.7 Å². The van der Waals surface area contributed by atoms with E-state index in [-0.39, 0.29) is 0 Å². The molecule has 1 aliphatic carbocycles. The number of nitrogens with two attached hydrogens (primary N) is 1. The van der Waals surface area contributed by atoms with E-state index >= 15 is 0 Å². The van der Waals surface area contributed by atoms with Gasteiger partial charge in [-0.25, -0.2) is 4.98 Å². The molecule has 2 nitrogen and oxygen atoms in total. The molecule has 0 radical (unpaired) electrons. The lowest BCUT2D eigenvalue weighted by atomic mass is 9.87. The highest BCUT2D eigenvalue weighted by atomic mass is 35.5. The smallest absolute Gasteiger partial charge is 0.0970 e. The topological polar surface area (TPSA) is 38.9 Å². The number of fused-ring (bicyclic) bond motifs is 1. The molecule has 0 unspecified atom stereocenters. The van der Waals surface area contributed by atoms with Gasteiger partial charge in [-0.15, -0.1) is 11.3 Å². The van der Waals surface area contributed by atoms with Crippen LogP contribution in [0.15, 0.2) is 18.2 Å². The fraction of sp³-hybridized carbons (Fsp3) is 0.462. The average molecular weight is 267 g/mol. The number of hydrogen-bond donors (Lipinski definition) is 1. The average Bonchev–Trinajstić information content (AvgIpc) is 2.75. The second-order valence-electron chi connectivity index (χ2n) is 4.75. The molecule has 1 fully saturated rings. The predicted octanol–water partition coefficient (Wildman–Crippen LogP) is 3.93. The number of rotatable bonds is 1. The molecule has 1 saturated carbocycles. The molecular formula is C13H15ClN2S. The van der Waals surface area contributed by atoms with Crippen LogP contribution in [0.1, 0.15) is 36.6 Å². The van der Waals surface area contributed by atoms with Crippen molar-refractivity contribution in [2.24, 2.45) is 5.73 Å². The molecule has 0 saturated heterocycles. The van der Waals surface area contributed by atoms with Crippen LogP contribution in [0.2, 0.25) is 5.02 Å². The zero-order valence-corrected chi connectivity index (χ0v) is 11.1. The number of halogens is 1. The van der Waals surface area contributed by atoms with Gasteiger partial charge in [0.15, 0.2) is 0 Å². The van der Waals surface area contributed by atoms with Crippen LogP contribution in [-0.4, -0.2) is 11.0 Å². The van der Waals surface area contributed by atoms with Crippen LogP contribution < -0.4 is 5.73 Å². The van der Waals surface area contributed by atoms with Gasteiger partial charge in [0.1, 0.15) is 0 Å². The van der Waals surface area contributed by atoms with Gasteiger partial charge in [-0.2, -0.15) is 0 Å². The first-order valence-electron chi connectivity index (χ1n) is 6.04. The largest absolute Gasteiger partial charge is 0.328 e. The lowest BCUT2D eigenvalue weighted by Crippen LogP contribution is -2.25. The van der Waals surface area contributed by atoms with Crippen LogP contribution in [-0.2, 0) is 0 Å². The van der Waals surface area contributed by atoms with Crippen LogP contribution in [0.4, 0.5) is 0 Å². The molecule has 1 heterocycles. The highest BCUT2D eigenvalue weighted by molar-refractivity contribution is 7.19. The Bertz CT molecular complexity index is 529. The Morgan fingerprint density at radius 1 is 1.24 bits per heavy atom. The van der Waals surface area contributed by atoms with Crippen molar-refractivity contribution in [2.75, 3.05) is 0 Å². The van der Waals surface area contributed by atoms with Crippen molar-refractivity contribution in [1.29, 1.82) is 0 Å². The molecule has 1 aromatic carbocycles. The van der Waals surface area contributed by atoms with E-state index < -0.39 is 0 Å². The van der Waals surface area contributed by atoms with Crippen molar-refractivity contribution in [2.45, 2.75) is 37.6 Å². The van der Waals surface area contributed by atoms with Gasteiger partial charge in [0.25, 0.3) is 0 Å². The van der Waals surface area contributed by atoms with E-state index in [9.17, 15) is 0 Å². The third-order valence-electron chi connectivity index (χ3n) is 3.50. The monoisotopic (exact) mass is 266 g/mol. The van der Waals surface area contributed by atoms with Crippen molar-refractivity contribution in [3.05, 3.63) is 28.2 Å². The third-order valence-corrected chi connectivity index (χ3v) is 5.20. The standard InChI is InChI=1S/C13H15ClN2S/c14-10-2-1-3-11-12(10)17-13(16-11)8-4-6-9(15)7-5-8/h1-3,8-9H,4-7,15H2. The molecule has 90 valence electrons. The molecule has 17 heavy (non-hydrogen) atoms. The van der Waals surface area contributed by atoms with Gasteiger partial charge in [-0.3, -0.25) is 0 Å². The molecule has 0 bridgehead atoms. The molecule has 1 aliphatic rings. The molecule has 0 aliphatic heterocycles. The number of hydrogen-bond acceptors (Lipinski definition) is 3. The van der Waals surface area contributed by atoms with Crippen molar-refractivity contribution >= 4 is 33.2 Å². The second kappa shape index (κ2) is 4.56. The third kappa shape index (κ3) is 2.19. The summed E-state index contributed by atoms with van der Waals surface area (Å²) in [4.78, 5) is 4.72. The van der Waals surface area contributed by atoms with E-state index in [4.69, 9.17) is 22.3 Å². The molecule has 0 atom stereocenters. The Balaban J connectivity index is 1.93. The molecule has 0 spiro atoms. The van der Waals surface area contributed by atoms with Gasteiger partial charge >= 0.3 is 0 Å². The van der Waals surface area contributed by atoms with E-state index in [2.05, 4.69) is 0 Å². The molecule has 2 N–H and O–H groups in total. The summed E-state index contributed by atoms with van der Waals surface area (Å²) in [6, 6.07) is 6.33. The van der Waals surface area contributed by atoms with E-state index in [1.54, 1.807) is 11.3 Å². The maximum atomic E-state index is 6.18. The summed E-state index contributed by atoms with van der Waals surface area (Å²) in [6.07, 6.45) is 4.57. The second-order valence-corrected chi connectivity index (χ2v) is 6.19. The lowest BCUT2D eigenvalue weighted by Gasteiger charge is -2.24. The minimum absolute atomic E-state index is 0.393. The Hall–Kier alpha value is -0.640. The first-order chi connectivity index (χ1) is 8.24. The Labute approximate surface area is 110 Å². The van der Waals surface area contributed by atoms with Crippen LogP contribution in [0.3, 0.4) is 0 Å². The van der Waals surface area contributed by atoms with Crippen LogP contribution in [0, 0.1) is 0 Å². The minimum Gasteiger partial charge on any atom is -0.328 e. The summed E-state index contributed by atoms with van der Waals surface area (Å²) in [7, 11) is 0. The molecule has 1 aromatic heterocycles. The maximum Gasteiger partial charge on any atom is 0.0970 e. The van der Waals surface area contributed by atoms with Crippen molar-refractivity contribution < 1.29 is 0 Å². The van der Waals surface area contributed by atoms with Gasteiger partial charge < -0.3 is 5.73 Å². The Morgan fingerprint density at radius 3 is 2.71 bits per heavy atom. The normalized spacial score (nSPS) is 25.3. The van der Waals surface area contributed by atoms with E-state index in [0.29, 0.717) is 12.0 Å². The SMILES string of the molecule is NC1CCC(c2nc3cccc(Cl)c3s2)CC1. The lowest BCUT2D eigenvalue weighted by molar-refractivity contribution is 0.395. The number of nitrogens with zero attached hydrogens (tertiary/aromatic N) is 1. The zero-order chi connectivity index (χ0) is 11.8. The minimum atomic E-state index is 0.393. The fourth-order valence-electron chi connectivity index (χ4n) is 2.47. The first kappa shape index (κ1) is 11.5. The van der Waals surface area contributed by atoms with Crippen molar-refractivity contribution in [3.63, 3.8) is 0 Å². The summed E-state index contributed by atoms with van der Waals surface area (Å²) in [6.45, 7) is 0. The van der Waals surface area contributed by atoms with E-state index in [1.165, 1.54) is 17.8 Å². The summed E-state index contributed by atoms with van der Waals surface area (Å²) in [5.74, 6) is 0.586. The molecular weight excluding hydrogens is 252 g/mol. The zero-order valence-electron chi connectivity index (χ0n) is 9.53. The molecule has 3 rings (SSSR count).